The van der Waals surface area contributed by atoms with Gasteiger partial charge in [-0.15, -0.1) is 0 Å². The first kappa shape index (κ1) is 15.0. The summed E-state index contributed by atoms with van der Waals surface area (Å²) in [5.74, 6) is -0.146. The lowest BCUT2D eigenvalue weighted by Gasteiger charge is -2.29. The van der Waals surface area contributed by atoms with Crippen molar-refractivity contribution in [3.8, 4) is 0 Å². The van der Waals surface area contributed by atoms with Crippen molar-refractivity contribution in [2.75, 3.05) is 26.7 Å². The zero-order valence-corrected chi connectivity index (χ0v) is 12.4. The van der Waals surface area contributed by atoms with E-state index >= 15 is 0 Å². The highest BCUT2D eigenvalue weighted by molar-refractivity contribution is 5.75. The third kappa shape index (κ3) is 3.81. The third-order valence-corrected chi connectivity index (χ3v) is 3.86. The number of hydrogen-bond acceptors (Lipinski definition) is 4. The van der Waals surface area contributed by atoms with Gasteiger partial charge in [0.2, 0.25) is 0 Å². The lowest BCUT2D eigenvalue weighted by atomic mass is 9.99. The van der Waals surface area contributed by atoms with E-state index in [9.17, 15) is 4.79 Å². The highest BCUT2D eigenvalue weighted by Crippen LogP contribution is 2.18. The summed E-state index contributed by atoms with van der Waals surface area (Å²) in [6.07, 6.45) is 1.89. The number of nitrogens with zero attached hydrogens (tertiary/aromatic N) is 1. The summed E-state index contributed by atoms with van der Waals surface area (Å²) in [4.78, 5) is 14.2. The molecule has 1 atom stereocenters. The Labute approximate surface area is 121 Å². The van der Waals surface area contributed by atoms with Gasteiger partial charge in [-0.2, -0.15) is 0 Å². The SMILES string of the molecule is CCOC(=O)C(CCN1CCc2ccccc2C1)NC. The van der Waals surface area contributed by atoms with Gasteiger partial charge in [-0.3, -0.25) is 9.69 Å². The number of nitrogens with one attached hydrogen (secondary N) is 1. The lowest BCUT2D eigenvalue weighted by Crippen LogP contribution is -2.40. The quantitative estimate of drug-likeness (QED) is 0.801. The van der Waals surface area contributed by atoms with Crippen LogP contribution in [0.2, 0.25) is 0 Å². The fraction of sp³-hybridized carbons (Fsp3) is 0.562. The van der Waals surface area contributed by atoms with Crippen LogP contribution >= 0.6 is 0 Å². The Bertz CT molecular complexity index is 448. The molecule has 110 valence electrons. The van der Waals surface area contributed by atoms with Crippen molar-refractivity contribution < 1.29 is 9.53 Å². The van der Waals surface area contributed by atoms with Gasteiger partial charge < -0.3 is 10.1 Å². The molecule has 1 aliphatic rings. The van der Waals surface area contributed by atoms with Gasteiger partial charge in [0.05, 0.1) is 6.61 Å². The summed E-state index contributed by atoms with van der Waals surface area (Å²) >= 11 is 0. The van der Waals surface area contributed by atoms with Crippen LogP contribution in [0.3, 0.4) is 0 Å². The number of ether oxygens (including phenoxy) is 1. The molecule has 1 aliphatic heterocycles. The Morgan fingerprint density at radius 1 is 1.40 bits per heavy atom. The molecule has 0 amide bonds. The maximum absolute atomic E-state index is 11.7. The van der Waals surface area contributed by atoms with Crippen LogP contribution in [-0.4, -0.2) is 43.7 Å². The number of hydrogen-bond donors (Lipinski definition) is 1. The standard InChI is InChI=1S/C16H24N2O2/c1-3-20-16(19)15(17-2)9-11-18-10-8-13-6-4-5-7-14(13)12-18/h4-7,15,17H,3,8-12H2,1-2H3. The number of carbonyl (C=O) groups excluding carboxylic acids is 1. The maximum Gasteiger partial charge on any atom is 0.323 e. The van der Waals surface area contributed by atoms with E-state index in [4.69, 9.17) is 4.74 Å². The van der Waals surface area contributed by atoms with Crippen molar-refractivity contribution in [3.63, 3.8) is 0 Å². The molecule has 4 nitrogen and oxygen atoms in total. The highest BCUT2D eigenvalue weighted by atomic mass is 16.5. The third-order valence-electron chi connectivity index (χ3n) is 3.86. The largest absolute Gasteiger partial charge is 0.465 e. The van der Waals surface area contributed by atoms with E-state index in [1.54, 1.807) is 0 Å². The van der Waals surface area contributed by atoms with Gasteiger partial charge in [-0.05, 0) is 37.9 Å². The second-order valence-electron chi connectivity index (χ2n) is 5.18. The van der Waals surface area contributed by atoms with E-state index in [1.165, 1.54) is 11.1 Å². The first-order valence-corrected chi connectivity index (χ1v) is 7.37. The number of esters is 1. The fourth-order valence-corrected chi connectivity index (χ4v) is 2.68. The minimum atomic E-state index is -0.202. The first-order chi connectivity index (χ1) is 9.74. The van der Waals surface area contributed by atoms with Gasteiger partial charge >= 0.3 is 5.97 Å². The van der Waals surface area contributed by atoms with Crippen LogP contribution in [0.1, 0.15) is 24.5 Å². The van der Waals surface area contributed by atoms with E-state index in [0.29, 0.717) is 6.61 Å². The van der Waals surface area contributed by atoms with Crippen LogP contribution in [0.25, 0.3) is 0 Å². The Balaban J connectivity index is 1.84. The predicted octanol–water partition coefficient (Wildman–Crippen LogP) is 1.59. The van der Waals surface area contributed by atoms with E-state index in [1.807, 2.05) is 14.0 Å². The summed E-state index contributed by atoms with van der Waals surface area (Å²) in [5.41, 5.74) is 2.87. The Morgan fingerprint density at radius 3 is 2.85 bits per heavy atom. The maximum atomic E-state index is 11.7. The van der Waals surface area contributed by atoms with Crippen LogP contribution in [0.5, 0.6) is 0 Å². The van der Waals surface area contributed by atoms with Crippen LogP contribution in [0, 0.1) is 0 Å². The average molecular weight is 276 g/mol. The van der Waals surface area contributed by atoms with E-state index in [2.05, 4.69) is 34.5 Å². The van der Waals surface area contributed by atoms with Gasteiger partial charge in [0.15, 0.2) is 0 Å². The van der Waals surface area contributed by atoms with Gasteiger partial charge in [-0.25, -0.2) is 0 Å². The molecule has 0 aromatic heterocycles. The summed E-state index contributed by atoms with van der Waals surface area (Å²) in [6.45, 7) is 5.24. The molecule has 20 heavy (non-hydrogen) atoms. The minimum absolute atomic E-state index is 0.146. The molecule has 0 radical (unpaired) electrons. The smallest absolute Gasteiger partial charge is 0.323 e. The van der Waals surface area contributed by atoms with Crippen molar-refractivity contribution in [1.82, 2.24) is 10.2 Å². The number of fused-ring (bicyclic) bond motifs is 1. The molecular weight excluding hydrogens is 252 g/mol. The van der Waals surface area contributed by atoms with E-state index < -0.39 is 0 Å². The molecular formula is C16H24N2O2. The Hall–Kier alpha value is -1.39. The summed E-state index contributed by atoms with van der Waals surface area (Å²) in [6, 6.07) is 8.40. The van der Waals surface area contributed by atoms with Gasteiger partial charge in [0.1, 0.15) is 6.04 Å². The second-order valence-corrected chi connectivity index (χ2v) is 5.18. The number of benzene rings is 1. The van der Waals surface area contributed by atoms with Gasteiger partial charge in [0, 0.05) is 19.6 Å². The topological polar surface area (TPSA) is 41.6 Å². The molecule has 0 saturated heterocycles. The number of carbonyl (C=O) groups is 1. The molecule has 1 unspecified atom stereocenters. The number of rotatable bonds is 6. The normalized spacial score (nSPS) is 16.5. The number of likely N-dealkylation sites (N-methyl/N-ethyl adjacent to an activating group) is 1. The van der Waals surface area contributed by atoms with Crippen LogP contribution < -0.4 is 5.32 Å². The van der Waals surface area contributed by atoms with Crippen molar-refractivity contribution >= 4 is 5.97 Å². The van der Waals surface area contributed by atoms with Crippen LogP contribution in [0.4, 0.5) is 0 Å². The molecule has 0 bridgehead atoms. The zero-order valence-electron chi connectivity index (χ0n) is 12.4. The highest BCUT2D eigenvalue weighted by Gasteiger charge is 2.21. The summed E-state index contributed by atoms with van der Waals surface area (Å²) < 4.78 is 5.07. The predicted molar refractivity (Wildman–Crippen MR) is 79.5 cm³/mol. The van der Waals surface area contributed by atoms with Gasteiger partial charge in [-0.1, -0.05) is 24.3 Å². The lowest BCUT2D eigenvalue weighted by molar-refractivity contribution is -0.145. The fourth-order valence-electron chi connectivity index (χ4n) is 2.68. The molecule has 2 rings (SSSR count). The Morgan fingerprint density at radius 2 is 2.15 bits per heavy atom. The van der Waals surface area contributed by atoms with Crippen LogP contribution in [0.15, 0.2) is 24.3 Å². The van der Waals surface area contributed by atoms with E-state index in [0.717, 1.165) is 32.5 Å². The van der Waals surface area contributed by atoms with Crippen molar-refractivity contribution in [3.05, 3.63) is 35.4 Å². The van der Waals surface area contributed by atoms with Crippen LogP contribution in [-0.2, 0) is 22.5 Å². The molecule has 4 heteroatoms. The van der Waals surface area contributed by atoms with Gasteiger partial charge in [0.25, 0.3) is 0 Å². The summed E-state index contributed by atoms with van der Waals surface area (Å²) in [7, 11) is 1.81. The molecule has 0 fully saturated rings. The van der Waals surface area contributed by atoms with Crippen molar-refractivity contribution in [1.29, 1.82) is 0 Å². The molecule has 1 aromatic rings. The molecule has 0 spiro atoms. The molecule has 1 aromatic carbocycles. The molecule has 0 saturated carbocycles. The van der Waals surface area contributed by atoms with E-state index in [-0.39, 0.29) is 12.0 Å². The zero-order chi connectivity index (χ0) is 14.4. The van der Waals surface area contributed by atoms with Crippen molar-refractivity contribution in [2.24, 2.45) is 0 Å². The molecule has 0 aliphatic carbocycles. The molecule has 1 N–H and O–H groups in total. The van der Waals surface area contributed by atoms with Crippen molar-refractivity contribution in [2.45, 2.75) is 32.4 Å². The Kier molecular flexibility index (Phi) is 5.56. The summed E-state index contributed by atoms with van der Waals surface area (Å²) in [5, 5.41) is 3.04. The first-order valence-electron chi connectivity index (χ1n) is 7.37. The minimum Gasteiger partial charge on any atom is -0.465 e. The molecule has 1 heterocycles. The monoisotopic (exact) mass is 276 g/mol. The second kappa shape index (κ2) is 7.41. The average Bonchev–Trinajstić information content (AvgIpc) is 2.48.